The third-order valence-corrected chi connectivity index (χ3v) is 3.32. The molecule has 19 heavy (non-hydrogen) atoms. The van der Waals surface area contributed by atoms with Gasteiger partial charge >= 0.3 is 0 Å². The molecule has 1 aliphatic heterocycles. The average molecular weight is 264 g/mol. The highest BCUT2D eigenvalue weighted by atomic mass is 16.5. The van der Waals surface area contributed by atoms with E-state index in [1.54, 1.807) is 12.1 Å². The second-order valence-electron chi connectivity index (χ2n) is 5.51. The molecular weight excluding hydrogens is 244 g/mol. The topological polar surface area (TPSA) is 70.6 Å². The van der Waals surface area contributed by atoms with Crippen LogP contribution in [0.5, 0.6) is 5.75 Å². The van der Waals surface area contributed by atoms with Crippen molar-refractivity contribution in [3.05, 3.63) is 23.8 Å². The number of hydrogen-bond acceptors (Lipinski definition) is 4. The fraction of sp³-hybridized carbons (Fsp3) is 0.500. The minimum atomic E-state index is -0.621. The second kappa shape index (κ2) is 5.19. The molecule has 0 spiro atoms. The van der Waals surface area contributed by atoms with Gasteiger partial charge in [-0.1, -0.05) is 19.9 Å². The van der Waals surface area contributed by atoms with Crippen LogP contribution < -0.4 is 15.4 Å². The molecule has 5 heteroatoms. The fourth-order valence-electron chi connectivity index (χ4n) is 2.27. The van der Waals surface area contributed by atoms with E-state index >= 15 is 0 Å². The summed E-state index contributed by atoms with van der Waals surface area (Å²) in [6.07, 6.45) is -0.621. The van der Waals surface area contributed by atoms with Crippen molar-refractivity contribution in [2.24, 2.45) is 5.41 Å². The molecule has 1 atom stereocenters. The van der Waals surface area contributed by atoms with Crippen molar-refractivity contribution in [1.29, 1.82) is 0 Å². The quantitative estimate of drug-likeness (QED) is 0.766. The summed E-state index contributed by atoms with van der Waals surface area (Å²) in [4.78, 5) is 11.3. The predicted molar refractivity (Wildman–Crippen MR) is 73.2 cm³/mol. The van der Waals surface area contributed by atoms with Gasteiger partial charge in [0.1, 0.15) is 5.75 Å². The molecule has 0 aliphatic carbocycles. The summed E-state index contributed by atoms with van der Waals surface area (Å²) in [5.74, 6) is 0.468. The summed E-state index contributed by atoms with van der Waals surface area (Å²) in [5, 5.41) is 16.3. The van der Waals surface area contributed by atoms with E-state index in [2.05, 4.69) is 10.6 Å². The van der Waals surface area contributed by atoms with Gasteiger partial charge in [0.15, 0.2) is 6.61 Å². The Kier molecular flexibility index (Phi) is 3.78. The molecule has 2 rings (SSSR count). The lowest BCUT2D eigenvalue weighted by atomic mass is 9.82. The van der Waals surface area contributed by atoms with Gasteiger partial charge in [-0.05, 0) is 24.7 Å². The first-order valence-corrected chi connectivity index (χ1v) is 6.33. The highest BCUT2D eigenvalue weighted by Gasteiger charge is 2.29. The van der Waals surface area contributed by atoms with Gasteiger partial charge in [-0.25, -0.2) is 0 Å². The first kappa shape index (κ1) is 13.8. The average Bonchev–Trinajstić information content (AvgIpc) is 2.36. The third kappa shape index (κ3) is 2.88. The van der Waals surface area contributed by atoms with E-state index in [1.165, 1.54) is 0 Å². The molecule has 0 fully saturated rings. The van der Waals surface area contributed by atoms with Gasteiger partial charge in [-0.15, -0.1) is 0 Å². The molecule has 3 N–H and O–H groups in total. The van der Waals surface area contributed by atoms with E-state index in [-0.39, 0.29) is 17.9 Å². The Balaban J connectivity index is 2.26. The molecule has 0 radical (unpaired) electrons. The Bertz CT molecular complexity index is 486. The lowest BCUT2D eigenvalue weighted by Gasteiger charge is -2.31. The maximum Gasteiger partial charge on any atom is 0.262 e. The molecule has 0 aromatic heterocycles. The summed E-state index contributed by atoms with van der Waals surface area (Å²) in [6.45, 7) is 4.71. The molecule has 5 nitrogen and oxygen atoms in total. The van der Waals surface area contributed by atoms with Crippen LogP contribution in [0.15, 0.2) is 18.2 Å². The molecule has 104 valence electrons. The van der Waals surface area contributed by atoms with E-state index in [1.807, 2.05) is 27.0 Å². The van der Waals surface area contributed by atoms with Crippen LogP contribution >= 0.6 is 0 Å². The van der Waals surface area contributed by atoms with Gasteiger partial charge in [0, 0.05) is 12.0 Å². The normalized spacial score (nSPS) is 16.3. The number of carbonyl (C=O) groups excluding carboxylic acids is 1. The number of nitrogens with one attached hydrogen (secondary N) is 2. The number of ether oxygens (including phenoxy) is 1. The molecule has 1 aromatic carbocycles. The summed E-state index contributed by atoms with van der Waals surface area (Å²) < 4.78 is 5.30. The van der Waals surface area contributed by atoms with Crippen LogP contribution in [0.25, 0.3) is 0 Å². The van der Waals surface area contributed by atoms with Crippen LogP contribution in [0.2, 0.25) is 0 Å². The Morgan fingerprint density at radius 3 is 2.95 bits per heavy atom. The van der Waals surface area contributed by atoms with E-state index < -0.39 is 6.10 Å². The molecule has 1 heterocycles. The largest absolute Gasteiger partial charge is 0.482 e. The van der Waals surface area contributed by atoms with Gasteiger partial charge in [-0.3, -0.25) is 4.79 Å². The Labute approximate surface area is 113 Å². The van der Waals surface area contributed by atoms with Gasteiger partial charge in [0.25, 0.3) is 5.91 Å². The minimum absolute atomic E-state index is 0.0418. The Hall–Kier alpha value is -1.59. The molecule has 0 saturated heterocycles. The highest BCUT2D eigenvalue weighted by Crippen LogP contribution is 2.37. The van der Waals surface area contributed by atoms with Crippen LogP contribution in [0, 0.1) is 5.41 Å². The molecule has 1 unspecified atom stereocenters. The first-order chi connectivity index (χ1) is 8.94. The van der Waals surface area contributed by atoms with E-state index in [4.69, 9.17) is 4.74 Å². The monoisotopic (exact) mass is 264 g/mol. The molecule has 1 aromatic rings. The number of amides is 1. The maximum atomic E-state index is 11.3. The second-order valence-corrected chi connectivity index (χ2v) is 5.51. The van der Waals surface area contributed by atoms with Crippen molar-refractivity contribution in [2.75, 3.05) is 25.5 Å². The van der Waals surface area contributed by atoms with Crippen molar-refractivity contribution in [1.82, 2.24) is 5.32 Å². The number of aliphatic hydroxyl groups is 1. The number of hydrogen-bond donors (Lipinski definition) is 3. The van der Waals surface area contributed by atoms with Crippen LogP contribution in [-0.4, -0.2) is 31.2 Å². The number of rotatable bonds is 4. The Morgan fingerprint density at radius 1 is 1.53 bits per heavy atom. The van der Waals surface area contributed by atoms with Gasteiger partial charge < -0.3 is 20.5 Å². The summed E-state index contributed by atoms with van der Waals surface area (Å²) >= 11 is 0. The van der Waals surface area contributed by atoms with Gasteiger partial charge in [-0.2, -0.15) is 0 Å². The summed E-state index contributed by atoms with van der Waals surface area (Å²) in [5.41, 5.74) is 1.08. The third-order valence-electron chi connectivity index (χ3n) is 3.32. The zero-order valence-electron chi connectivity index (χ0n) is 11.5. The molecule has 1 aliphatic rings. The SMILES string of the molecule is CNCC(C)(C)C(O)c1ccc2c(c1)NC(=O)CO2. The first-order valence-electron chi connectivity index (χ1n) is 6.33. The van der Waals surface area contributed by atoms with Crippen molar-refractivity contribution in [3.63, 3.8) is 0 Å². The molecule has 1 amide bonds. The zero-order chi connectivity index (χ0) is 14.0. The molecule has 0 saturated carbocycles. The van der Waals surface area contributed by atoms with Crippen molar-refractivity contribution in [3.8, 4) is 5.75 Å². The molecular formula is C14H20N2O3. The number of fused-ring (bicyclic) bond motifs is 1. The number of aliphatic hydroxyl groups excluding tert-OH is 1. The van der Waals surface area contributed by atoms with E-state index in [0.717, 1.165) is 5.56 Å². The van der Waals surface area contributed by atoms with E-state index in [0.29, 0.717) is 18.0 Å². The Morgan fingerprint density at radius 2 is 2.26 bits per heavy atom. The molecule has 0 bridgehead atoms. The summed E-state index contributed by atoms with van der Waals surface area (Å²) in [7, 11) is 1.86. The van der Waals surface area contributed by atoms with Gasteiger partial charge in [0.2, 0.25) is 0 Å². The minimum Gasteiger partial charge on any atom is -0.482 e. The number of anilines is 1. The fourth-order valence-corrected chi connectivity index (χ4v) is 2.27. The number of benzene rings is 1. The van der Waals surface area contributed by atoms with Crippen LogP contribution in [0.1, 0.15) is 25.5 Å². The van der Waals surface area contributed by atoms with Crippen molar-refractivity contribution < 1.29 is 14.6 Å². The standard InChI is InChI=1S/C14H20N2O3/c1-14(2,8-15-3)13(18)9-4-5-11-10(6-9)16-12(17)7-19-11/h4-6,13,15,18H,7-8H2,1-3H3,(H,16,17). The van der Waals surface area contributed by atoms with Crippen LogP contribution in [-0.2, 0) is 4.79 Å². The number of carbonyl (C=O) groups is 1. The predicted octanol–water partition coefficient (Wildman–Crippen LogP) is 1.30. The summed E-state index contributed by atoms with van der Waals surface area (Å²) in [6, 6.07) is 5.38. The lowest BCUT2D eigenvalue weighted by molar-refractivity contribution is -0.118. The van der Waals surface area contributed by atoms with E-state index in [9.17, 15) is 9.90 Å². The maximum absolute atomic E-state index is 11.3. The van der Waals surface area contributed by atoms with Crippen LogP contribution in [0.4, 0.5) is 5.69 Å². The van der Waals surface area contributed by atoms with Crippen LogP contribution in [0.3, 0.4) is 0 Å². The lowest BCUT2D eigenvalue weighted by Crippen LogP contribution is -2.33. The van der Waals surface area contributed by atoms with Gasteiger partial charge in [0.05, 0.1) is 11.8 Å². The zero-order valence-corrected chi connectivity index (χ0v) is 11.5. The smallest absolute Gasteiger partial charge is 0.262 e. The van der Waals surface area contributed by atoms with Crippen molar-refractivity contribution in [2.45, 2.75) is 20.0 Å². The van der Waals surface area contributed by atoms with Crippen molar-refractivity contribution >= 4 is 11.6 Å². The highest BCUT2D eigenvalue weighted by molar-refractivity contribution is 5.95.